The fourth-order valence-corrected chi connectivity index (χ4v) is 2.44. The van der Waals surface area contributed by atoms with Gasteiger partial charge in [-0.15, -0.1) is 0 Å². The summed E-state index contributed by atoms with van der Waals surface area (Å²) >= 11 is 0. The number of ether oxygens (including phenoxy) is 2. The maximum absolute atomic E-state index is 5.98. The van der Waals surface area contributed by atoms with Gasteiger partial charge in [-0.3, -0.25) is 0 Å². The van der Waals surface area contributed by atoms with Crippen LogP contribution in [0.4, 0.5) is 0 Å². The SMILES string of the molecule is C[NH2+]C1CCC2(CC1)OCC(C)(C)CO2.[Cl-]. The molecule has 0 aromatic carbocycles. The normalized spacial score (nSPS) is 28.7. The minimum atomic E-state index is -0.227. The van der Waals surface area contributed by atoms with Gasteiger partial charge < -0.3 is 27.2 Å². The molecule has 96 valence electrons. The maximum Gasteiger partial charge on any atom is 0.168 e. The van der Waals surface area contributed by atoms with Crippen molar-refractivity contribution >= 4 is 0 Å². The summed E-state index contributed by atoms with van der Waals surface area (Å²) < 4.78 is 12.0. The van der Waals surface area contributed by atoms with E-state index in [0.29, 0.717) is 0 Å². The van der Waals surface area contributed by atoms with Crippen LogP contribution in [0.5, 0.6) is 0 Å². The van der Waals surface area contributed by atoms with Crippen LogP contribution in [0.25, 0.3) is 0 Å². The number of rotatable bonds is 1. The van der Waals surface area contributed by atoms with Crippen LogP contribution in [-0.4, -0.2) is 32.1 Å². The Morgan fingerprint density at radius 2 is 1.56 bits per heavy atom. The predicted octanol–water partition coefficient (Wildman–Crippen LogP) is -2.10. The number of nitrogens with two attached hydrogens (primary N) is 1. The molecule has 0 aromatic rings. The first-order chi connectivity index (χ1) is 7.05. The van der Waals surface area contributed by atoms with Gasteiger partial charge in [0.25, 0.3) is 0 Å². The molecule has 16 heavy (non-hydrogen) atoms. The molecule has 4 heteroatoms. The molecule has 2 rings (SSSR count). The van der Waals surface area contributed by atoms with Crippen LogP contribution in [0.1, 0.15) is 39.5 Å². The molecule has 1 spiro atoms. The van der Waals surface area contributed by atoms with Gasteiger partial charge in [-0.25, -0.2) is 0 Å². The minimum Gasteiger partial charge on any atom is -1.00 e. The van der Waals surface area contributed by atoms with E-state index in [1.807, 2.05) is 0 Å². The quantitative estimate of drug-likeness (QED) is 0.578. The molecule has 1 heterocycles. The van der Waals surface area contributed by atoms with E-state index < -0.39 is 0 Å². The fraction of sp³-hybridized carbons (Fsp3) is 1.00. The average molecular weight is 250 g/mol. The zero-order chi connectivity index (χ0) is 10.9. The fourth-order valence-electron chi connectivity index (χ4n) is 2.44. The van der Waals surface area contributed by atoms with E-state index in [0.717, 1.165) is 32.1 Å². The highest BCUT2D eigenvalue weighted by molar-refractivity contribution is 4.84. The Morgan fingerprint density at radius 3 is 2.00 bits per heavy atom. The predicted molar refractivity (Wildman–Crippen MR) is 58.5 cm³/mol. The van der Waals surface area contributed by atoms with E-state index in [2.05, 4.69) is 26.2 Å². The van der Waals surface area contributed by atoms with Crippen LogP contribution in [0.15, 0.2) is 0 Å². The van der Waals surface area contributed by atoms with Crippen molar-refractivity contribution in [2.75, 3.05) is 20.3 Å². The summed E-state index contributed by atoms with van der Waals surface area (Å²) in [7, 11) is 2.16. The monoisotopic (exact) mass is 249 g/mol. The van der Waals surface area contributed by atoms with E-state index in [9.17, 15) is 0 Å². The lowest BCUT2D eigenvalue weighted by Crippen LogP contribution is -3.00. The smallest absolute Gasteiger partial charge is 0.168 e. The van der Waals surface area contributed by atoms with Gasteiger partial charge in [-0.1, -0.05) is 13.8 Å². The standard InChI is InChI=1S/C12H23NO2.ClH/c1-11(2)8-14-12(15-9-11)6-4-10(13-3)5-7-12;/h10,13H,4-9H2,1-3H3;1H. The molecule has 2 aliphatic rings. The summed E-state index contributed by atoms with van der Waals surface area (Å²) in [6.45, 7) is 6.08. The molecular formula is C12H24ClNO2. The van der Waals surface area contributed by atoms with Crippen molar-refractivity contribution in [1.29, 1.82) is 0 Å². The lowest BCUT2D eigenvalue weighted by Gasteiger charge is -2.46. The zero-order valence-electron chi connectivity index (χ0n) is 10.6. The highest BCUT2D eigenvalue weighted by Crippen LogP contribution is 2.38. The summed E-state index contributed by atoms with van der Waals surface area (Å²) in [5.41, 5.74) is 0.193. The Balaban J connectivity index is 0.00000128. The first kappa shape index (κ1) is 14.2. The van der Waals surface area contributed by atoms with Crippen molar-refractivity contribution in [1.82, 2.24) is 0 Å². The molecule has 1 saturated carbocycles. The molecular weight excluding hydrogens is 226 g/mol. The Labute approximate surface area is 105 Å². The number of halogens is 1. The highest BCUT2D eigenvalue weighted by atomic mass is 35.5. The van der Waals surface area contributed by atoms with Crippen molar-refractivity contribution in [3.05, 3.63) is 0 Å². The summed E-state index contributed by atoms with van der Waals surface area (Å²) in [6.07, 6.45) is 4.57. The van der Waals surface area contributed by atoms with Crippen LogP contribution < -0.4 is 17.7 Å². The molecule has 0 bridgehead atoms. The molecule has 1 aliphatic heterocycles. The van der Waals surface area contributed by atoms with Crippen molar-refractivity contribution in [3.8, 4) is 0 Å². The average Bonchev–Trinajstić information content (AvgIpc) is 2.24. The van der Waals surface area contributed by atoms with Crippen LogP contribution in [0.2, 0.25) is 0 Å². The second-order valence-corrected chi connectivity index (χ2v) is 5.82. The van der Waals surface area contributed by atoms with Gasteiger partial charge in [-0.2, -0.15) is 0 Å². The largest absolute Gasteiger partial charge is 1.00 e. The van der Waals surface area contributed by atoms with E-state index >= 15 is 0 Å². The van der Waals surface area contributed by atoms with Gasteiger partial charge >= 0.3 is 0 Å². The maximum atomic E-state index is 5.98. The first-order valence-electron chi connectivity index (χ1n) is 6.13. The third-order valence-corrected chi connectivity index (χ3v) is 3.72. The third kappa shape index (κ3) is 3.10. The molecule has 0 radical (unpaired) electrons. The summed E-state index contributed by atoms with van der Waals surface area (Å²) in [6, 6.07) is 0.776. The van der Waals surface area contributed by atoms with Gasteiger partial charge in [0, 0.05) is 31.1 Å². The number of hydrogen-bond acceptors (Lipinski definition) is 2. The molecule has 2 fully saturated rings. The molecule has 0 aromatic heterocycles. The topological polar surface area (TPSA) is 35.1 Å². The summed E-state index contributed by atoms with van der Waals surface area (Å²) in [5, 5.41) is 2.32. The van der Waals surface area contributed by atoms with Crippen LogP contribution in [-0.2, 0) is 9.47 Å². The zero-order valence-corrected chi connectivity index (χ0v) is 11.3. The lowest BCUT2D eigenvalue weighted by molar-refractivity contribution is -0.668. The van der Waals surface area contributed by atoms with E-state index in [1.54, 1.807) is 0 Å². The van der Waals surface area contributed by atoms with Crippen molar-refractivity contribution in [2.45, 2.75) is 51.4 Å². The molecule has 1 saturated heterocycles. The molecule has 0 amide bonds. The van der Waals surface area contributed by atoms with Crippen LogP contribution >= 0.6 is 0 Å². The van der Waals surface area contributed by atoms with E-state index in [4.69, 9.17) is 9.47 Å². The Kier molecular flexibility index (Phi) is 4.64. The van der Waals surface area contributed by atoms with Gasteiger partial charge in [0.05, 0.1) is 26.3 Å². The molecule has 0 unspecified atom stereocenters. The Bertz CT molecular complexity index is 213. The lowest BCUT2D eigenvalue weighted by atomic mass is 9.87. The van der Waals surface area contributed by atoms with Crippen molar-refractivity contribution < 1.29 is 27.2 Å². The number of quaternary nitrogens is 1. The minimum absolute atomic E-state index is 0. The Hall–Kier alpha value is 0.170. The third-order valence-electron chi connectivity index (χ3n) is 3.72. The van der Waals surface area contributed by atoms with Gasteiger partial charge in [-0.05, 0) is 0 Å². The second-order valence-electron chi connectivity index (χ2n) is 5.82. The second kappa shape index (κ2) is 5.21. The summed E-state index contributed by atoms with van der Waals surface area (Å²) in [5.74, 6) is -0.227. The van der Waals surface area contributed by atoms with Crippen molar-refractivity contribution in [3.63, 3.8) is 0 Å². The Morgan fingerprint density at radius 1 is 1.06 bits per heavy atom. The molecule has 1 aliphatic carbocycles. The van der Waals surface area contributed by atoms with E-state index in [1.165, 1.54) is 12.8 Å². The first-order valence-corrected chi connectivity index (χ1v) is 6.13. The molecule has 2 N–H and O–H groups in total. The highest BCUT2D eigenvalue weighted by Gasteiger charge is 2.43. The summed E-state index contributed by atoms with van der Waals surface area (Å²) in [4.78, 5) is 0. The van der Waals surface area contributed by atoms with Crippen molar-refractivity contribution in [2.24, 2.45) is 5.41 Å². The van der Waals surface area contributed by atoms with E-state index in [-0.39, 0.29) is 23.6 Å². The van der Waals surface area contributed by atoms with Gasteiger partial charge in [0.1, 0.15) is 0 Å². The number of hydrogen-bond donors (Lipinski definition) is 1. The van der Waals surface area contributed by atoms with Gasteiger partial charge in [0.2, 0.25) is 0 Å². The van der Waals surface area contributed by atoms with Crippen LogP contribution in [0, 0.1) is 5.41 Å². The van der Waals surface area contributed by atoms with Crippen LogP contribution in [0.3, 0.4) is 0 Å². The molecule has 3 nitrogen and oxygen atoms in total. The molecule has 0 atom stereocenters. The van der Waals surface area contributed by atoms with Gasteiger partial charge in [0.15, 0.2) is 5.79 Å².